The third-order valence-corrected chi connectivity index (χ3v) is 1.10. The van der Waals surface area contributed by atoms with E-state index in [0.29, 0.717) is 0 Å². The second kappa shape index (κ2) is 3.06. The molecule has 7 heteroatoms. The number of tetrazole rings is 1. The van der Waals surface area contributed by atoms with Gasteiger partial charge in [-0.2, -0.15) is 5.21 Å². The number of rotatable bonds is 2. The number of amides is 1. The number of carbonyl (C=O) groups excluding carboxylic acids is 1. The van der Waals surface area contributed by atoms with Crippen LogP contribution in [0.5, 0.6) is 0 Å². The molecular weight excluding hydrogens is 150 g/mol. The molecule has 1 N–H and O–H groups in total. The second-order valence-corrected chi connectivity index (χ2v) is 1.72. The van der Waals surface area contributed by atoms with Crippen LogP contribution in [0.2, 0.25) is 0 Å². The van der Waals surface area contributed by atoms with Crippen molar-refractivity contribution in [2.45, 2.75) is 0 Å². The maximum Gasteiger partial charge on any atom is 0.318 e. The van der Waals surface area contributed by atoms with Crippen LogP contribution in [0.25, 0.3) is 0 Å². The smallest absolute Gasteiger partial charge is 0.274 e. The molecule has 0 unspecified atom stereocenters. The highest BCUT2D eigenvalue weighted by Crippen LogP contribution is 1.91. The van der Waals surface area contributed by atoms with Crippen LogP contribution < -0.4 is 0 Å². The minimum Gasteiger partial charge on any atom is -0.274 e. The van der Waals surface area contributed by atoms with Crippen LogP contribution in [0.4, 0.5) is 0 Å². The zero-order valence-corrected chi connectivity index (χ0v) is 6.11. The minimum absolute atomic E-state index is 0.0191. The Balaban J connectivity index is 2.70. The first-order chi connectivity index (χ1) is 5.25. The molecule has 0 atom stereocenters. The third-order valence-electron chi connectivity index (χ3n) is 1.10. The lowest BCUT2D eigenvalue weighted by Gasteiger charge is -2.09. The Morgan fingerprint density at radius 1 is 1.73 bits per heavy atom. The van der Waals surface area contributed by atoms with Gasteiger partial charge in [0.25, 0.3) is 5.82 Å². The van der Waals surface area contributed by atoms with Crippen LogP contribution in [-0.2, 0) is 4.84 Å². The molecule has 0 spiro atoms. The molecule has 1 aromatic heterocycles. The van der Waals surface area contributed by atoms with Crippen molar-refractivity contribution < 1.29 is 9.63 Å². The molecule has 1 rings (SSSR count). The quantitative estimate of drug-likeness (QED) is 0.547. The molecule has 0 fully saturated rings. The number of hydrogen-bond donors (Lipinski definition) is 1. The van der Waals surface area contributed by atoms with Crippen molar-refractivity contribution >= 4 is 5.91 Å². The molecule has 7 nitrogen and oxygen atoms in total. The zero-order valence-electron chi connectivity index (χ0n) is 6.11. The SMILES string of the molecule is CON(C)C(=O)c1nn[nH]n1. The number of aromatic nitrogens is 4. The number of hydroxylamine groups is 2. The van der Waals surface area contributed by atoms with Crippen molar-refractivity contribution in [2.24, 2.45) is 0 Å². The summed E-state index contributed by atoms with van der Waals surface area (Å²) in [6.07, 6.45) is 0. The Morgan fingerprint density at radius 3 is 2.91 bits per heavy atom. The van der Waals surface area contributed by atoms with Gasteiger partial charge in [-0.3, -0.25) is 9.63 Å². The van der Waals surface area contributed by atoms with Gasteiger partial charge < -0.3 is 0 Å². The Morgan fingerprint density at radius 2 is 2.45 bits per heavy atom. The molecule has 11 heavy (non-hydrogen) atoms. The van der Waals surface area contributed by atoms with Gasteiger partial charge in [-0.25, -0.2) is 5.06 Å². The summed E-state index contributed by atoms with van der Waals surface area (Å²) in [7, 11) is 2.83. The average molecular weight is 157 g/mol. The summed E-state index contributed by atoms with van der Waals surface area (Å²) >= 11 is 0. The molecule has 0 bridgehead atoms. The summed E-state index contributed by atoms with van der Waals surface area (Å²) in [5.74, 6) is -0.462. The number of carbonyl (C=O) groups is 1. The number of nitrogens with one attached hydrogen (secondary N) is 1. The molecule has 1 aromatic rings. The standard InChI is InChI=1S/C4H7N5O2/c1-9(11-2)4(10)3-5-7-8-6-3/h1-2H3,(H,5,6,7,8). The number of hydrogen-bond acceptors (Lipinski definition) is 5. The van der Waals surface area contributed by atoms with Crippen LogP contribution in [0.3, 0.4) is 0 Å². The highest BCUT2D eigenvalue weighted by Gasteiger charge is 2.15. The Kier molecular flexibility index (Phi) is 2.12. The van der Waals surface area contributed by atoms with E-state index in [1.165, 1.54) is 14.2 Å². The van der Waals surface area contributed by atoms with E-state index in [9.17, 15) is 4.79 Å². The van der Waals surface area contributed by atoms with E-state index in [-0.39, 0.29) is 5.82 Å². The molecule has 1 amide bonds. The minimum atomic E-state index is -0.443. The molecule has 60 valence electrons. The monoisotopic (exact) mass is 157 g/mol. The number of nitrogens with zero attached hydrogens (tertiary/aromatic N) is 4. The van der Waals surface area contributed by atoms with E-state index < -0.39 is 5.91 Å². The first-order valence-electron chi connectivity index (χ1n) is 2.81. The van der Waals surface area contributed by atoms with E-state index in [1.54, 1.807) is 0 Å². The van der Waals surface area contributed by atoms with E-state index in [1.807, 2.05) is 0 Å². The topological polar surface area (TPSA) is 84.0 Å². The summed E-state index contributed by atoms with van der Waals surface area (Å²) < 4.78 is 0. The van der Waals surface area contributed by atoms with Crippen LogP contribution in [0.15, 0.2) is 0 Å². The van der Waals surface area contributed by atoms with Gasteiger partial charge in [-0.15, -0.1) is 10.2 Å². The van der Waals surface area contributed by atoms with Crippen LogP contribution in [0.1, 0.15) is 10.6 Å². The van der Waals surface area contributed by atoms with E-state index >= 15 is 0 Å². The van der Waals surface area contributed by atoms with Crippen molar-refractivity contribution in [1.82, 2.24) is 25.7 Å². The Hall–Kier alpha value is -1.50. The maximum absolute atomic E-state index is 11.1. The highest BCUT2D eigenvalue weighted by atomic mass is 16.7. The molecule has 0 saturated heterocycles. The zero-order chi connectivity index (χ0) is 8.27. The van der Waals surface area contributed by atoms with Gasteiger partial charge in [0.05, 0.1) is 7.11 Å². The van der Waals surface area contributed by atoms with Gasteiger partial charge in [0.2, 0.25) is 0 Å². The van der Waals surface area contributed by atoms with Gasteiger partial charge in [0.1, 0.15) is 0 Å². The van der Waals surface area contributed by atoms with Crippen LogP contribution >= 0.6 is 0 Å². The van der Waals surface area contributed by atoms with Gasteiger partial charge in [0.15, 0.2) is 0 Å². The average Bonchev–Trinajstić information content (AvgIpc) is 2.53. The molecule has 0 saturated carbocycles. The van der Waals surface area contributed by atoms with Crippen LogP contribution in [-0.4, -0.2) is 45.8 Å². The molecule has 0 aliphatic rings. The van der Waals surface area contributed by atoms with Crippen molar-refractivity contribution in [3.05, 3.63) is 5.82 Å². The summed E-state index contributed by atoms with van der Waals surface area (Å²) in [6, 6.07) is 0. The van der Waals surface area contributed by atoms with Crippen molar-refractivity contribution in [2.75, 3.05) is 14.2 Å². The van der Waals surface area contributed by atoms with Gasteiger partial charge >= 0.3 is 5.91 Å². The summed E-state index contributed by atoms with van der Waals surface area (Å²) in [5.41, 5.74) is 0. The predicted octanol–water partition coefficient (Wildman–Crippen LogP) is -1.17. The maximum atomic E-state index is 11.1. The molecule has 0 radical (unpaired) electrons. The van der Waals surface area contributed by atoms with Gasteiger partial charge in [-0.05, 0) is 5.21 Å². The number of aromatic amines is 1. The van der Waals surface area contributed by atoms with Gasteiger partial charge in [0, 0.05) is 7.05 Å². The summed E-state index contributed by atoms with van der Waals surface area (Å²) in [4.78, 5) is 15.7. The van der Waals surface area contributed by atoms with E-state index in [4.69, 9.17) is 0 Å². The first-order valence-corrected chi connectivity index (χ1v) is 2.81. The summed E-state index contributed by atoms with van der Waals surface area (Å²) in [5, 5.41) is 13.3. The van der Waals surface area contributed by atoms with E-state index in [2.05, 4.69) is 25.5 Å². The third kappa shape index (κ3) is 1.49. The number of H-pyrrole nitrogens is 1. The largest absolute Gasteiger partial charge is 0.318 e. The fourth-order valence-electron chi connectivity index (χ4n) is 0.476. The lowest BCUT2D eigenvalue weighted by atomic mass is 10.6. The lowest BCUT2D eigenvalue weighted by Crippen LogP contribution is -2.26. The van der Waals surface area contributed by atoms with Crippen molar-refractivity contribution in [3.63, 3.8) is 0 Å². The van der Waals surface area contributed by atoms with E-state index in [0.717, 1.165) is 5.06 Å². The molecule has 0 aromatic carbocycles. The second-order valence-electron chi connectivity index (χ2n) is 1.72. The van der Waals surface area contributed by atoms with Crippen LogP contribution in [0, 0.1) is 0 Å². The molecular formula is C4H7N5O2. The first kappa shape index (κ1) is 7.61. The fourth-order valence-corrected chi connectivity index (χ4v) is 0.476. The lowest BCUT2D eigenvalue weighted by molar-refractivity contribution is -0.0764. The van der Waals surface area contributed by atoms with Crippen molar-refractivity contribution in [3.8, 4) is 0 Å². The predicted molar refractivity (Wildman–Crippen MR) is 33.3 cm³/mol. The highest BCUT2D eigenvalue weighted by molar-refractivity contribution is 5.89. The fraction of sp³-hybridized carbons (Fsp3) is 0.500. The summed E-state index contributed by atoms with van der Waals surface area (Å²) in [6.45, 7) is 0. The van der Waals surface area contributed by atoms with Gasteiger partial charge in [-0.1, -0.05) is 0 Å². The molecule has 1 heterocycles. The molecule has 0 aliphatic carbocycles. The Labute approximate surface area is 62.3 Å². The normalized spacial score (nSPS) is 9.64. The molecule has 0 aliphatic heterocycles. The Bertz CT molecular complexity index is 233. The van der Waals surface area contributed by atoms with Crippen molar-refractivity contribution in [1.29, 1.82) is 0 Å².